The molecule has 1 N–H and O–H groups in total. The van der Waals surface area contributed by atoms with Gasteiger partial charge in [0.25, 0.3) is 0 Å². The van der Waals surface area contributed by atoms with Crippen LogP contribution in [-0.2, 0) is 12.6 Å². The average Bonchev–Trinajstić information content (AvgIpc) is 2.64. The Bertz CT molecular complexity index is 516. The fourth-order valence-electron chi connectivity index (χ4n) is 3.34. The zero-order chi connectivity index (χ0) is 13.8. The number of anilines is 1. The van der Waals surface area contributed by atoms with Gasteiger partial charge in [0, 0.05) is 30.9 Å². The number of piperazine rings is 1. The summed E-state index contributed by atoms with van der Waals surface area (Å²) in [5, 5.41) is 3.34. The van der Waals surface area contributed by atoms with E-state index in [2.05, 4.69) is 17.1 Å². The summed E-state index contributed by atoms with van der Waals surface area (Å²) < 4.78 is 39.0. The molecule has 2 nitrogen and oxygen atoms in total. The second kappa shape index (κ2) is 5.11. The summed E-state index contributed by atoms with van der Waals surface area (Å²) in [6.07, 6.45) is -3.43. The molecule has 0 radical (unpaired) electrons. The van der Waals surface area contributed by atoms with E-state index in [9.17, 15) is 13.2 Å². The van der Waals surface area contributed by atoms with Gasteiger partial charge in [-0.15, -0.1) is 12.4 Å². The molecule has 1 aromatic rings. The van der Waals surface area contributed by atoms with E-state index in [1.807, 2.05) is 0 Å². The molecule has 1 aromatic carbocycles. The number of nitrogens with zero attached hydrogens (tertiary/aromatic N) is 1. The number of hydrogen-bond acceptors (Lipinski definition) is 2. The van der Waals surface area contributed by atoms with Crippen molar-refractivity contribution in [2.75, 3.05) is 18.0 Å². The molecule has 0 unspecified atom stereocenters. The van der Waals surface area contributed by atoms with Crippen molar-refractivity contribution in [3.05, 3.63) is 28.8 Å². The van der Waals surface area contributed by atoms with Crippen LogP contribution >= 0.6 is 12.4 Å². The lowest BCUT2D eigenvalue weighted by molar-refractivity contribution is -0.138. The fraction of sp³-hybridized carbons (Fsp3) is 0.571. The van der Waals surface area contributed by atoms with E-state index < -0.39 is 11.7 Å². The maximum Gasteiger partial charge on any atom is 0.416 e. The summed E-state index contributed by atoms with van der Waals surface area (Å²) in [5.74, 6) is 0. The Morgan fingerprint density at radius 2 is 1.95 bits per heavy atom. The molecule has 0 aromatic heterocycles. The van der Waals surface area contributed by atoms with Crippen molar-refractivity contribution in [1.29, 1.82) is 0 Å². The second-order valence-electron chi connectivity index (χ2n) is 5.57. The maximum atomic E-state index is 13.0. The van der Waals surface area contributed by atoms with Crippen molar-refractivity contribution >= 4 is 18.1 Å². The highest BCUT2D eigenvalue weighted by Gasteiger charge is 2.39. The maximum absolute atomic E-state index is 13.0. The molecule has 6 heteroatoms. The normalized spacial score (nSPS) is 24.9. The van der Waals surface area contributed by atoms with Crippen LogP contribution in [0.2, 0.25) is 0 Å². The Balaban J connectivity index is 0.00000147. The first-order valence-electron chi connectivity index (χ1n) is 6.57. The standard InChI is InChI=1S/C14H17F3N2.ClH/c1-8-3-10-4-11-7-18-6-9(2)19(11)13(10)5-12(8)14(15,16)17;/h3,5,9,11,18H,4,6-7H2,1-2H3;1H/t9-,11-;/m1./s1. The van der Waals surface area contributed by atoms with Gasteiger partial charge in [-0.3, -0.25) is 0 Å². The lowest BCUT2D eigenvalue weighted by Crippen LogP contribution is -2.54. The van der Waals surface area contributed by atoms with Crippen LogP contribution in [0.1, 0.15) is 23.6 Å². The molecule has 0 aliphatic carbocycles. The smallest absolute Gasteiger partial charge is 0.363 e. The zero-order valence-electron chi connectivity index (χ0n) is 11.4. The molecule has 0 amide bonds. The van der Waals surface area contributed by atoms with Gasteiger partial charge in [-0.2, -0.15) is 13.2 Å². The van der Waals surface area contributed by atoms with Gasteiger partial charge < -0.3 is 10.2 Å². The largest absolute Gasteiger partial charge is 0.416 e. The summed E-state index contributed by atoms with van der Waals surface area (Å²) in [5.41, 5.74) is 1.65. The molecule has 2 atom stereocenters. The lowest BCUT2D eigenvalue weighted by Gasteiger charge is -2.38. The second-order valence-corrected chi connectivity index (χ2v) is 5.57. The first-order valence-corrected chi connectivity index (χ1v) is 6.57. The van der Waals surface area contributed by atoms with Gasteiger partial charge in [-0.25, -0.2) is 0 Å². The molecule has 0 spiro atoms. The van der Waals surface area contributed by atoms with Crippen LogP contribution < -0.4 is 10.2 Å². The van der Waals surface area contributed by atoms with E-state index in [-0.39, 0.29) is 18.4 Å². The molecule has 3 rings (SSSR count). The summed E-state index contributed by atoms with van der Waals surface area (Å²) in [4.78, 5) is 2.15. The number of aryl methyl sites for hydroxylation is 1. The first kappa shape index (κ1) is 15.4. The van der Waals surface area contributed by atoms with E-state index >= 15 is 0 Å². The molecular weight excluding hydrogens is 289 g/mol. The fourth-order valence-corrected chi connectivity index (χ4v) is 3.34. The van der Waals surface area contributed by atoms with Crippen LogP contribution in [0.3, 0.4) is 0 Å². The highest BCUT2D eigenvalue weighted by atomic mass is 35.5. The molecule has 2 aliphatic rings. The van der Waals surface area contributed by atoms with Crippen LogP contribution in [-0.4, -0.2) is 25.2 Å². The van der Waals surface area contributed by atoms with E-state index in [0.29, 0.717) is 11.6 Å². The van der Waals surface area contributed by atoms with Crippen LogP contribution in [0.4, 0.5) is 18.9 Å². The lowest BCUT2D eigenvalue weighted by atomic mass is 10.0. The minimum atomic E-state index is -4.27. The van der Waals surface area contributed by atoms with Crippen molar-refractivity contribution in [2.45, 2.75) is 38.5 Å². The minimum absolute atomic E-state index is 0. The van der Waals surface area contributed by atoms with E-state index in [1.54, 1.807) is 13.0 Å². The van der Waals surface area contributed by atoms with Crippen molar-refractivity contribution < 1.29 is 13.2 Å². The van der Waals surface area contributed by atoms with Gasteiger partial charge in [0.15, 0.2) is 0 Å². The Labute approximate surface area is 122 Å². The molecule has 112 valence electrons. The zero-order valence-corrected chi connectivity index (χ0v) is 12.2. The Hall–Kier alpha value is -0.940. The summed E-state index contributed by atoms with van der Waals surface area (Å²) in [7, 11) is 0. The first-order chi connectivity index (χ1) is 8.88. The predicted octanol–water partition coefficient (Wildman–Crippen LogP) is 3.16. The average molecular weight is 307 g/mol. The van der Waals surface area contributed by atoms with Crippen molar-refractivity contribution in [3.63, 3.8) is 0 Å². The topological polar surface area (TPSA) is 15.3 Å². The quantitative estimate of drug-likeness (QED) is 0.792. The summed E-state index contributed by atoms with van der Waals surface area (Å²) >= 11 is 0. The third-order valence-electron chi connectivity index (χ3n) is 4.15. The molecule has 1 saturated heterocycles. The van der Waals surface area contributed by atoms with Crippen molar-refractivity contribution in [2.24, 2.45) is 0 Å². The summed E-state index contributed by atoms with van der Waals surface area (Å²) in [6.45, 7) is 5.27. The van der Waals surface area contributed by atoms with E-state index in [1.165, 1.54) is 6.07 Å². The van der Waals surface area contributed by atoms with Crippen LogP contribution in [0.5, 0.6) is 0 Å². The van der Waals surface area contributed by atoms with Crippen LogP contribution in [0.25, 0.3) is 0 Å². The number of nitrogens with one attached hydrogen (secondary N) is 1. The van der Waals surface area contributed by atoms with Gasteiger partial charge in [0.2, 0.25) is 0 Å². The highest BCUT2D eigenvalue weighted by molar-refractivity contribution is 5.85. The number of alkyl halides is 3. The van der Waals surface area contributed by atoms with Gasteiger partial charge >= 0.3 is 6.18 Å². The third-order valence-corrected chi connectivity index (χ3v) is 4.15. The van der Waals surface area contributed by atoms with Gasteiger partial charge in [0.05, 0.1) is 5.56 Å². The highest BCUT2D eigenvalue weighted by Crippen LogP contribution is 2.41. The third kappa shape index (κ3) is 2.37. The molecule has 0 saturated carbocycles. The molecule has 0 bridgehead atoms. The number of halogens is 4. The van der Waals surface area contributed by atoms with Crippen molar-refractivity contribution in [3.8, 4) is 0 Å². The SMILES string of the molecule is Cc1cc2c(cc1C(F)(F)F)N1[C@@H](CNC[C@H]1C)C2.Cl. The Morgan fingerprint density at radius 1 is 1.25 bits per heavy atom. The number of benzene rings is 1. The van der Waals surface area contributed by atoms with Crippen LogP contribution in [0.15, 0.2) is 12.1 Å². The number of fused-ring (bicyclic) bond motifs is 3. The van der Waals surface area contributed by atoms with Crippen molar-refractivity contribution in [1.82, 2.24) is 5.32 Å². The molecule has 2 aliphatic heterocycles. The van der Waals surface area contributed by atoms with E-state index in [4.69, 9.17) is 0 Å². The molecule has 1 fully saturated rings. The monoisotopic (exact) mass is 306 g/mol. The van der Waals surface area contributed by atoms with E-state index in [0.717, 1.165) is 30.8 Å². The van der Waals surface area contributed by atoms with Gasteiger partial charge in [0.1, 0.15) is 0 Å². The molecule has 20 heavy (non-hydrogen) atoms. The molecular formula is C14H18ClF3N2. The Morgan fingerprint density at radius 3 is 2.60 bits per heavy atom. The summed E-state index contributed by atoms with van der Waals surface area (Å²) in [6, 6.07) is 3.58. The van der Waals surface area contributed by atoms with Gasteiger partial charge in [-0.1, -0.05) is 6.07 Å². The van der Waals surface area contributed by atoms with Crippen LogP contribution in [0, 0.1) is 6.92 Å². The van der Waals surface area contributed by atoms with Gasteiger partial charge in [-0.05, 0) is 37.5 Å². The number of rotatable bonds is 0. The minimum Gasteiger partial charge on any atom is -0.363 e. The number of hydrogen-bond donors (Lipinski definition) is 1. The Kier molecular flexibility index (Phi) is 3.95. The predicted molar refractivity (Wildman–Crippen MR) is 75.7 cm³/mol. The molecule has 2 heterocycles.